The van der Waals surface area contributed by atoms with E-state index < -0.39 is 60.2 Å². The third kappa shape index (κ3) is 9.69. The maximum absolute atomic E-state index is 13.7. The molecule has 2 rings (SSSR count). The van der Waals surface area contributed by atoms with Gasteiger partial charge in [-0.25, -0.2) is 0 Å². The zero-order chi connectivity index (χ0) is 29.1. The van der Waals surface area contributed by atoms with E-state index in [0.29, 0.717) is 19.3 Å². The molecule has 0 bridgehead atoms. The SMILES string of the molecule is [CH]C1NC(=O)CNC(=O)C(CCCCC(=N)N)NC(=O)C(C(C)C)N(C)C(=O)C(Cc2ccccc2)NC1=O. The summed E-state index contributed by atoms with van der Waals surface area (Å²) in [7, 11) is 1.47. The van der Waals surface area contributed by atoms with Crippen molar-refractivity contribution in [3.05, 3.63) is 42.8 Å². The van der Waals surface area contributed by atoms with Gasteiger partial charge in [0.25, 0.3) is 0 Å². The van der Waals surface area contributed by atoms with Crippen molar-refractivity contribution in [2.75, 3.05) is 13.6 Å². The average Bonchev–Trinajstić information content (AvgIpc) is 2.87. The molecule has 7 N–H and O–H groups in total. The molecule has 1 aromatic rings. The average molecular weight is 542 g/mol. The number of amides is 5. The highest BCUT2D eigenvalue weighted by Crippen LogP contribution is 2.15. The number of amidine groups is 1. The van der Waals surface area contributed by atoms with E-state index in [0.717, 1.165) is 5.56 Å². The van der Waals surface area contributed by atoms with Crippen LogP contribution in [-0.2, 0) is 30.4 Å². The van der Waals surface area contributed by atoms with Crippen LogP contribution in [0.25, 0.3) is 0 Å². The van der Waals surface area contributed by atoms with Gasteiger partial charge in [-0.2, -0.15) is 0 Å². The van der Waals surface area contributed by atoms with Gasteiger partial charge in [0.05, 0.1) is 12.4 Å². The monoisotopic (exact) mass is 541 g/mol. The van der Waals surface area contributed by atoms with Crippen molar-refractivity contribution in [3.8, 4) is 0 Å². The Morgan fingerprint density at radius 3 is 2.26 bits per heavy atom. The highest BCUT2D eigenvalue weighted by atomic mass is 16.2. The van der Waals surface area contributed by atoms with Crippen molar-refractivity contribution < 1.29 is 24.0 Å². The molecule has 1 fully saturated rings. The van der Waals surface area contributed by atoms with Gasteiger partial charge in [0.1, 0.15) is 24.2 Å². The number of hydrogen-bond donors (Lipinski definition) is 6. The smallest absolute Gasteiger partial charge is 0.245 e. The van der Waals surface area contributed by atoms with Crippen LogP contribution in [0.5, 0.6) is 0 Å². The Hall–Kier alpha value is -3.96. The molecule has 1 aliphatic heterocycles. The molecule has 39 heavy (non-hydrogen) atoms. The van der Waals surface area contributed by atoms with Crippen molar-refractivity contribution in [1.82, 2.24) is 26.2 Å². The van der Waals surface area contributed by atoms with Crippen LogP contribution in [0.4, 0.5) is 0 Å². The minimum absolute atomic E-state index is 0.0202. The first-order valence-corrected chi connectivity index (χ1v) is 13.0. The lowest BCUT2D eigenvalue weighted by Gasteiger charge is -2.34. The Balaban J connectivity index is 2.40. The third-order valence-corrected chi connectivity index (χ3v) is 6.41. The predicted molar refractivity (Wildman–Crippen MR) is 145 cm³/mol. The zero-order valence-electron chi connectivity index (χ0n) is 22.7. The molecule has 2 radical (unpaired) electrons. The van der Waals surface area contributed by atoms with Crippen molar-refractivity contribution >= 4 is 35.4 Å². The summed E-state index contributed by atoms with van der Waals surface area (Å²) in [6, 6.07) is 4.52. The molecule has 4 atom stereocenters. The van der Waals surface area contributed by atoms with E-state index in [9.17, 15) is 24.0 Å². The highest BCUT2D eigenvalue weighted by molar-refractivity contribution is 5.97. The van der Waals surface area contributed by atoms with Crippen LogP contribution < -0.4 is 27.0 Å². The number of likely N-dealkylation sites (N-methyl/N-ethyl adjacent to an activating group) is 1. The van der Waals surface area contributed by atoms with Gasteiger partial charge in [-0.15, -0.1) is 0 Å². The summed E-state index contributed by atoms with van der Waals surface area (Å²) in [4.78, 5) is 66.5. The van der Waals surface area contributed by atoms with Crippen LogP contribution in [0.2, 0.25) is 0 Å². The highest BCUT2D eigenvalue weighted by Gasteiger charge is 2.36. The number of carbonyl (C=O) groups excluding carboxylic acids is 5. The third-order valence-electron chi connectivity index (χ3n) is 6.41. The fourth-order valence-electron chi connectivity index (χ4n) is 4.39. The van der Waals surface area contributed by atoms with Gasteiger partial charge in [0.15, 0.2) is 0 Å². The summed E-state index contributed by atoms with van der Waals surface area (Å²) in [5, 5.41) is 17.5. The predicted octanol–water partition coefficient (Wildman–Crippen LogP) is -0.496. The largest absolute Gasteiger partial charge is 0.388 e. The second-order valence-corrected chi connectivity index (χ2v) is 9.98. The van der Waals surface area contributed by atoms with Crippen LogP contribution in [0.15, 0.2) is 30.3 Å². The van der Waals surface area contributed by atoms with Crippen molar-refractivity contribution in [3.63, 3.8) is 0 Å². The lowest BCUT2D eigenvalue weighted by molar-refractivity contribution is -0.144. The van der Waals surface area contributed by atoms with Crippen LogP contribution in [0, 0.1) is 18.3 Å². The molecular weight excluding hydrogens is 502 g/mol. The molecule has 12 heteroatoms. The number of rotatable bonds is 8. The number of nitrogens with zero attached hydrogens (tertiary/aromatic N) is 1. The molecule has 0 aliphatic carbocycles. The first kappa shape index (κ1) is 31.3. The number of unbranched alkanes of at least 4 members (excludes halogenated alkanes) is 1. The Morgan fingerprint density at radius 2 is 1.64 bits per heavy atom. The maximum Gasteiger partial charge on any atom is 0.245 e. The van der Waals surface area contributed by atoms with Crippen molar-refractivity contribution in [2.24, 2.45) is 11.7 Å². The minimum Gasteiger partial charge on any atom is -0.388 e. The molecule has 1 saturated heterocycles. The van der Waals surface area contributed by atoms with Crippen LogP contribution in [0.1, 0.15) is 45.1 Å². The Labute approximate surface area is 229 Å². The molecular formula is C27H39N7O5. The maximum atomic E-state index is 13.7. The molecule has 1 aliphatic rings. The second kappa shape index (κ2) is 14.8. The van der Waals surface area contributed by atoms with Crippen LogP contribution in [-0.4, -0.2) is 78.0 Å². The van der Waals surface area contributed by atoms with Gasteiger partial charge in [-0.1, -0.05) is 50.6 Å². The molecule has 12 nitrogen and oxygen atoms in total. The van der Waals surface area contributed by atoms with Crippen LogP contribution >= 0.6 is 0 Å². The van der Waals surface area contributed by atoms with E-state index in [2.05, 4.69) is 21.3 Å². The summed E-state index contributed by atoms with van der Waals surface area (Å²) in [5.74, 6) is -3.51. The van der Waals surface area contributed by atoms with E-state index >= 15 is 0 Å². The van der Waals surface area contributed by atoms with Gasteiger partial charge in [0, 0.05) is 19.9 Å². The quantitative estimate of drug-likeness (QED) is 0.146. The Bertz CT molecular complexity index is 1050. The summed E-state index contributed by atoms with van der Waals surface area (Å²) >= 11 is 0. The summed E-state index contributed by atoms with van der Waals surface area (Å²) in [6.45, 7) is 8.94. The van der Waals surface area contributed by atoms with Gasteiger partial charge in [-0.05, 0) is 31.2 Å². The molecule has 5 amide bonds. The van der Waals surface area contributed by atoms with Gasteiger partial charge in [-0.3, -0.25) is 29.4 Å². The van der Waals surface area contributed by atoms with E-state index in [1.54, 1.807) is 38.1 Å². The van der Waals surface area contributed by atoms with E-state index in [1.165, 1.54) is 11.9 Å². The molecule has 212 valence electrons. The van der Waals surface area contributed by atoms with Crippen LogP contribution in [0.3, 0.4) is 0 Å². The summed E-state index contributed by atoms with van der Waals surface area (Å²) in [5.41, 5.74) is 6.18. The first-order chi connectivity index (χ1) is 18.4. The first-order valence-electron chi connectivity index (χ1n) is 13.0. The molecule has 0 spiro atoms. The number of nitrogens with two attached hydrogens (primary N) is 1. The van der Waals surface area contributed by atoms with Crippen molar-refractivity contribution in [2.45, 2.75) is 70.1 Å². The molecule has 0 aromatic heterocycles. The summed E-state index contributed by atoms with van der Waals surface area (Å²) < 4.78 is 0. The summed E-state index contributed by atoms with van der Waals surface area (Å²) in [6.07, 6.45) is 1.71. The van der Waals surface area contributed by atoms with E-state index in [1.807, 2.05) is 6.07 Å². The zero-order valence-corrected chi connectivity index (χ0v) is 22.7. The molecule has 1 aromatic carbocycles. The topological polar surface area (TPSA) is 187 Å². The fourth-order valence-corrected chi connectivity index (χ4v) is 4.39. The normalized spacial score (nSPS) is 23.7. The van der Waals surface area contributed by atoms with E-state index in [-0.39, 0.29) is 24.6 Å². The standard InChI is InChI=1S/C27H39N7O5/c1-16(2)23-26(38)32-19(12-8-9-13-21(28)29)25(37)30-15-22(35)31-17(3)24(36)33-20(27(39)34(23)4)14-18-10-6-5-7-11-18/h3,5-7,10-11,16-17,19-20,23H,8-9,12-15H2,1-2,4H3,(H3,28,29)(H,30,37)(H,31,35)(H,32,38)(H,33,36). The Morgan fingerprint density at radius 1 is 1.00 bits per heavy atom. The number of carbonyl (C=O) groups is 5. The Kier molecular flexibility index (Phi) is 11.9. The van der Waals surface area contributed by atoms with Gasteiger partial charge < -0.3 is 31.9 Å². The lowest BCUT2D eigenvalue weighted by atomic mass is 9.98. The van der Waals surface area contributed by atoms with Crippen molar-refractivity contribution in [1.29, 1.82) is 5.41 Å². The van der Waals surface area contributed by atoms with E-state index in [4.69, 9.17) is 18.1 Å². The van der Waals surface area contributed by atoms with Gasteiger partial charge in [0.2, 0.25) is 29.5 Å². The lowest BCUT2D eigenvalue weighted by Crippen LogP contribution is -2.59. The number of nitrogens with one attached hydrogen (secondary N) is 5. The second-order valence-electron chi connectivity index (χ2n) is 9.98. The fraction of sp³-hybridized carbons (Fsp3) is 0.519. The molecule has 4 unspecified atom stereocenters. The number of hydrogen-bond acceptors (Lipinski definition) is 6. The molecule has 1 heterocycles. The molecule has 0 saturated carbocycles. The minimum atomic E-state index is -1.47. The number of benzene rings is 1. The van der Waals surface area contributed by atoms with Gasteiger partial charge >= 0.3 is 0 Å².